The van der Waals surface area contributed by atoms with Gasteiger partial charge in [0.25, 0.3) is 0 Å². The first kappa shape index (κ1) is 7.34. The molecule has 1 N–H and O–H groups in total. The molecular formula is C6H11NO+. The molecule has 0 atom stereocenters. The molecular weight excluding hydrogens is 102 g/mol. The Kier molecular flexibility index (Phi) is 4.13. The predicted octanol–water partition coefficient (Wildman–Crippen LogP) is 0.551. The van der Waals surface area contributed by atoms with Crippen molar-refractivity contribution in [1.29, 1.82) is 0 Å². The summed E-state index contributed by atoms with van der Waals surface area (Å²) >= 11 is 0. The zero-order chi connectivity index (χ0) is 6.41. The highest BCUT2D eigenvalue weighted by Crippen LogP contribution is 1.82. The lowest BCUT2D eigenvalue weighted by atomic mass is 10.3. The topological polar surface area (TPSA) is 29.1 Å². The highest BCUT2D eigenvalue weighted by Gasteiger charge is 1.96. The van der Waals surface area contributed by atoms with E-state index in [1.807, 2.05) is 0 Å². The van der Waals surface area contributed by atoms with Crippen molar-refractivity contribution in [2.24, 2.45) is 0 Å². The van der Waals surface area contributed by atoms with Gasteiger partial charge in [-0.1, -0.05) is 0 Å². The highest BCUT2D eigenvalue weighted by atomic mass is 16.1. The minimum Gasteiger partial charge on any atom is -0.356 e. The third kappa shape index (κ3) is 3.53. The van der Waals surface area contributed by atoms with E-state index in [9.17, 15) is 4.79 Å². The first-order valence-corrected chi connectivity index (χ1v) is 2.66. The van der Waals surface area contributed by atoms with E-state index in [-0.39, 0.29) is 5.91 Å². The molecule has 0 unspecified atom stereocenters. The molecule has 0 saturated carbocycles. The van der Waals surface area contributed by atoms with Crippen molar-refractivity contribution in [2.45, 2.75) is 12.8 Å². The van der Waals surface area contributed by atoms with E-state index in [1.54, 1.807) is 0 Å². The maximum absolute atomic E-state index is 10.5. The normalized spacial score (nSPS) is 8.62. The molecule has 1 amide bonds. The van der Waals surface area contributed by atoms with Gasteiger partial charge < -0.3 is 5.32 Å². The Balaban J connectivity index is 3.06. The molecule has 0 saturated heterocycles. The van der Waals surface area contributed by atoms with Crippen LogP contribution in [0.15, 0.2) is 0 Å². The molecule has 0 aromatic carbocycles. The van der Waals surface area contributed by atoms with Crippen molar-refractivity contribution in [2.75, 3.05) is 6.54 Å². The molecule has 0 aliphatic heterocycles. The molecule has 0 aromatic heterocycles. The summed E-state index contributed by atoms with van der Waals surface area (Å²) < 4.78 is 0. The average molecular weight is 113 g/mol. The van der Waals surface area contributed by atoms with E-state index in [0.717, 1.165) is 0 Å². The van der Waals surface area contributed by atoms with E-state index >= 15 is 0 Å². The van der Waals surface area contributed by atoms with Crippen molar-refractivity contribution >= 4 is 5.91 Å². The van der Waals surface area contributed by atoms with Gasteiger partial charge in [0.2, 0.25) is 5.91 Å². The van der Waals surface area contributed by atoms with Crippen LogP contribution in [0.3, 0.4) is 0 Å². The molecule has 2 heteroatoms. The number of nitrogens with one attached hydrogen (secondary N) is 1. The highest BCUT2D eigenvalue weighted by molar-refractivity contribution is 5.75. The van der Waals surface area contributed by atoms with Crippen LogP contribution in [0.5, 0.6) is 0 Å². The zero-order valence-electron chi connectivity index (χ0n) is 4.94. The third-order valence-corrected chi connectivity index (χ3v) is 0.726. The summed E-state index contributed by atoms with van der Waals surface area (Å²) in [6, 6.07) is 0. The Morgan fingerprint density at radius 3 is 2.75 bits per heavy atom. The van der Waals surface area contributed by atoms with Gasteiger partial charge in [-0.05, 0) is 6.92 Å². The molecule has 0 fully saturated rings. The predicted molar refractivity (Wildman–Crippen MR) is 33.0 cm³/mol. The monoisotopic (exact) mass is 113 g/mol. The Hall–Kier alpha value is -0.660. The van der Waals surface area contributed by atoms with Crippen LogP contribution in [-0.2, 0) is 4.79 Å². The molecule has 0 spiro atoms. The summed E-state index contributed by atoms with van der Waals surface area (Å²) in [5.74, 6) is 0.0370. The van der Waals surface area contributed by atoms with Crippen LogP contribution in [0.2, 0.25) is 0 Å². The molecule has 0 heterocycles. The summed E-state index contributed by atoms with van der Waals surface area (Å²) in [5.41, 5.74) is 0. The van der Waals surface area contributed by atoms with Crippen LogP contribution in [0.4, 0.5) is 0 Å². The van der Waals surface area contributed by atoms with Crippen LogP contribution in [0.25, 0.3) is 0 Å². The van der Waals surface area contributed by atoms with Crippen LogP contribution in [0, 0.1) is 13.8 Å². The summed E-state index contributed by atoms with van der Waals surface area (Å²) in [4.78, 5) is 10.5. The standard InChI is InChI=1S/C6H10NO/c1-3-5-6(8)7-4-2/h1-5H2/p+1. The zero-order valence-corrected chi connectivity index (χ0v) is 4.94. The summed E-state index contributed by atoms with van der Waals surface area (Å²) in [5, 5.41) is 2.56. The van der Waals surface area contributed by atoms with Crippen molar-refractivity contribution in [3.63, 3.8) is 0 Å². The van der Waals surface area contributed by atoms with E-state index in [2.05, 4.69) is 19.2 Å². The number of carbonyl (C=O) groups is 1. The fourth-order valence-electron chi connectivity index (χ4n) is 0.388. The van der Waals surface area contributed by atoms with Crippen LogP contribution < -0.4 is 5.32 Å². The molecule has 0 aromatic rings. The molecule has 0 bridgehead atoms. The summed E-state index contributed by atoms with van der Waals surface area (Å²) in [6.07, 6.45) is 1.17. The molecule has 0 rings (SSSR count). The lowest BCUT2D eigenvalue weighted by Crippen LogP contribution is -2.21. The first-order chi connectivity index (χ1) is 3.81. The van der Waals surface area contributed by atoms with Crippen molar-refractivity contribution in [1.82, 2.24) is 5.32 Å². The Morgan fingerprint density at radius 1 is 1.75 bits per heavy atom. The van der Waals surface area contributed by atoms with Gasteiger partial charge in [0.1, 0.15) is 0 Å². The van der Waals surface area contributed by atoms with Crippen LogP contribution >= 0.6 is 0 Å². The largest absolute Gasteiger partial charge is 0.356 e. The maximum atomic E-state index is 10.5. The van der Waals surface area contributed by atoms with Gasteiger partial charge in [0.05, 0.1) is 19.8 Å². The fraction of sp³-hybridized carbons (Fsp3) is 0.500. The lowest BCUT2D eigenvalue weighted by molar-refractivity contribution is -0.120. The number of hydrogen-bond acceptors (Lipinski definition) is 1. The molecule has 45 valence electrons. The van der Waals surface area contributed by atoms with Crippen molar-refractivity contribution in [3.8, 4) is 0 Å². The Labute approximate surface area is 50.3 Å². The number of rotatable bonds is 3. The van der Waals surface area contributed by atoms with Crippen LogP contribution in [-0.4, -0.2) is 12.5 Å². The average Bonchev–Trinajstić information content (AvgIpc) is 1.68. The van der Waals surface area contributed by atoms with Gasteiger partial charge in [0, 0.05) is 6.54 Å². The second kappa shape index (κ2) is 4.50. The van der Waals surface area contributed by atoms with Crippen LogP contribution in [0.1, 0.15) is 12.8 Å². The van der Waals surface area contributed by atoms with Gasteiger partial charge in [-0.15, -0.1) is 0 Å². The molecule has 2 nitrogen and oxygen atoms in total. The molecule has 8 heavy (non-hydrogen) atoms. The second-order valence-corrected chi connectivity index (χ2v) is 1.45. The first-order valence-electron chi connectivity index (χ1n) is 2.66. The Bertz CT molecular complexity index is 62.9. The smallest absolute Gasteiger partial charge is 0.224 e. The number of carbonyl (C=O) groups excluding carboxylic acids is 1. The summed E-state index contributed by atoms with van der Waals surface area (Å²) in [6.45, 7) is 7.45. The van der Waals surface area contributed by atoms with E-state index < -0.39 is 0 Å². The number of amides is 1. The second-order valence-electron chi connectivity index (χ2n) is 1.45. The fourth-order valence-corrected chi connectivity index (χ4v) is 0.388. The number of hydrogen-bond donors (Lipinski definition) is 1. The minimum atomic E-state index is 0.0370. The molecule has 0 aliphatic rings. The lowest BCUT2D eigenvalue weighted by Gasteiger charge is -1.94. The van der Waals surface area contributed by atoms with E-state index in [4.69, 9.17) is 0 Å². The van der Waals surface area contributed by atoms with E-state index in [0.29, 0.717) is 19.4 Å². The van der Waals surface area contributed by atoms with Crippen molar-refractivity contribution < 1.29 is 4.79 Å². The maximum Gasteiger partial charge on any atom is 0.224 e. The SMILES string of the molecule is [CH2]CNC(=O)CC[CH2+]. The van der Waals surface area contributed by atoms with Gasteiger partial charge in [-0.3, -0.25) is 4.79 Å². The summed E-state index contributed by atoms with van der Waals surface area (Å²) in [7, 11) is 0. The molecule has 0 aliphatic carbocycles. The molecule has 1 radical (unpaired) electrons. The van der Waals surface area contributed by atoms with Gasteiger partial charge in [-0.2, -0.15) is 0 Å². The third-order valence-electron chi connectivity index (χ3n) is 0.726. The minimum absolute atomic E-state index is 0.0370. The van der Waals surface area contributed by atoms with E-state index in [1.165, 1.54) is 0 Å². The Morgan fingerprint density at radius 2 is 2.38 bits per heavy atom. The van der Waals surface area contributed by atoms with Gasteiger partial charge in [0.15, 0.2) is 0 Å². The van der Waals surface area contributed by atoms with Gasteiger partial charge >= 0.3 is 0 Å². The van der Waals surface area contributed by atoms with Crippen molar-refractivity contribution in [3.05, 3.63) is 13.8 Å². The quantitative estimate of drug-likeness (QED) is 0.532. The van der Waals surface area contributed by atoms with Gasteiger partial charge in [-0.25, -0.2) is 0 Å².